The van der Waals surface area contributed by atoms with E-state index in [0.29, 0.717) is 42.6 Å². The Morgan fingerprint density at radius 1 is 1.19 bits per heavy atom. The molecule has 0 saturated carbocycles. The van der Waals surface area contributed by atoms with Crippen LogP contribution in [0.3, 0.4) is 0 Å². The summed E-state index contributed by atoms with van der Waals surface area (Å²) in [7, 11) is -4.32. The average molecular weight is 596 g/mol. The molecule has 36 heavy (non-hydrogen) atoms. The third kappa shape index (κ3) is 7.05. The number of hydrogen-bond donors (Lipinski definition) is 2. The van der Waals surface area contributed by atoms with Crippen molar-refractivity contribution in [3.63, 3.8) is 0 Å². The van der Waals surface area contributed by atoms with Crippen molar-refractivity contribution in [3.05, 3.63) is 58.7 Å². The molecule has 0 fully saturated rings. The molecule has 3 aromatic rings. The number of carbonyl (C=O) groups excluding carboxylic acids is 2. The molecule has 15 heteroatoms. The number of hydrogen-bond acceptors (Lipinski definition) is 11. The molecule has 0 aliphatic carbocycles. The molecule has 3 rings (SSSR count). The fourth-order valence-electron chi connectivity index (χ4n) is 2.87. The Balaban J connectivity index is 1.73. The van der Waals surface area contributed by atoms with Crippen LogP contribution in [0.15, 0.2) is 51.8 Å². The second kappa shape index (κ2) is 12.0. The first-order valence-electron chi connectivity index (χ1n) is 10.4. The van der Waals surface area contributed by atoms with Gasteiger partial charge in [0.25, 0.3) is 20.3 Å². The van der Waals surface area contributed by atoms with E-state index in [4.69, 9.17) is 4.74 Å². The third-order valence-electron chi connectivity index (χ3n) is 4.48. The summed E-state index contributed by atoms with van der Waals surface area (Å²) < 4.78 is 32.9. The van der Waals surface area contributed by atoms with Crippen molar-refractivity contribution >= 4 is 60.1 Å². The van der Waals surface area contributed by atoms with Gasteiger partial charge in [0.1, 0.15) is 12.4 Å². The van der Waals surface area contributed by atoms with Crippen molar-refractivity contribution in [2.24, 2.45) is 0 Å². The largest absolute Gasteiger partial charge is 0.489 e. The van der Waals surface area contributed by atoms with Gasteiger partial charge in [-0.1, -0.05) is 39.9 Å². The predicted molar refractivity (Wildman–Crippen MR) is 137 cm³/mol. The third-order valence-corrected chi connectivity index (χ3v) is 7.51. The molecule has 0 radical (unpaired) electrons. The summed E-state index contributed by atoms with van der Waals surface area (Å²) in [6.45, 7) is 8.24. The van der Waals surface area contributed by atoms with Crippen LogP contribution in [-0.2, 0) is 21.4 Å². The lowest BCUT2D eigenvalue weighted by molar-refractivity contribution is -0.114. The van der Waals surface area contributed by atoms with Crippen LogP contribution < -0.4 is 19.7 Å². The minimum Gasteiger partial charge on any atom is -0.489 e. The topological polar surface area (TPSA) is 156 Å². The number of carbonyl (C=O) groups is 2. The number of aromatic nitrogens is 4. The second-order valence-corrected chi connectivity index (χ2v) is 10.9. The van der Waals surface area contributed by atoms with Gasteiger partial charge in [-0.15, -0.1) is 20.4 Å². The van der Waals surface area contributed by atoms with Gasteiger partial charge in [0, 0.05) is 30.0 Å². The fourth-order valence-corrected chi connectivity index (χ4v) is 5.19. The molecular formula is C21H22BrN7O5S2. The molecule has 2 heterocycles. The molecule has 0 saturated heterocycles. The number of amides is 2. The van der Waals surface area contributed by atoms with Crippen LogP contribution in [0.2, 0.25) is 0 Å². The van der Waals surface area contributed by atoms with Crippen molar-refractivity contribution in [3.8, 4) is 5.75 Å². The van der Waals surface area contributed by atoms with E-state index in [1.165, 1.54) is 13.0 Å². The number of ether oxygens (including phenoxy) is 1. The van der Waals surface area contributed by atoms with E-state index in [9.17, 15) is 18.0 Å². The molecule has 0 spiro atoms. The van der Waals surface area contributed by atoms with Gasteiger partial charge in [-0.3, -0.25) is 9.59 Å². The zero-order valence-electron chi connectivity index (χ0n) is 19.3. The maximum absolute atomic E-state index is 12.5. The summed E-state index contributed by atoms with van der Waals surface area (Å²) in [5.74, 6) is -0.240. The van der Waals surface area contributed by atoms with E-state index in [2.05, 4.69) is 48.2 Å². The van der Waals surface area contributed by atoms with Gasteiger partial charge in [0.15, 0.2) is 11.5 Å². The SMILES string of the molecule is C=CCOc1ccc(Br)cc1CN(CC)c1ccc(C(=O)NS(=O)(=O)c2nnc(NC(C)=O)s2)nn1. The van der Waals surface area contributed by atoms with Crippen LogP contribution in [0.1, 0.15) is 29.9 Å². The Morgan fingerprint density at radius 3 is 2.61 bits per heavy atom. The highest BCUT2D eigenvalue weighted by atomic mass is 79.9. The summed E-state index contributed by atoms with van der Waals surface area (Å²) in [4.78, 5) is 25.5. The number of nitrogens with one attached hydrogen (secondary N) is 2. The zero-order chi connectivity index (χ0) is 26.3. The predicted octanol–water partition coefficient (Wildman–Crippen LogP) is 2.76. The first kappa shape index (κ1) is 27.2. The molecule has 0 bridgehead atoms. The summed E-state index contributed by atoms with van der Waals surface area (Å²) in [5.41, 5.74) is 0.695. The van der Waals surface area contributed by atoms with Gasteiger partial charge in [0.2, 0.25) is 11.0 Å². The van der Waals surface area contributed by atoms with Gasteiger partial charge in [-0.2, -0.15) is 8.42 Å². The van der Waals surface area contributed by atoms with Crippen molar-refractivity contribution in [1.82, 2.24) is 25.1 Å². The van der Waals surface area contributed by atoms with Crippen LogP contribution in [0.5, 0.6) is 5.75 Å². The van der Waals surface area contributed by atoms with Crippen molar-refractivity contribution < 1.29 is 22.7 Å². The van der Waals surface area contributed by atoms with E-state index in [0.717, 1.165) is 10.0 Å². The van der Waals surface area contributed by atoms with Crippen molar-refractivity contribution in [2.75, 3.05) is 23.4 Å². The molecule has 0 atom stereocenters. The van der Waals surface area contributed by atoms with Crippen LogP contribution in [-0.4, -0.2) is 53.8 Å². The van der Waals surface area contributed by atoms with Gasteiger partial charge < -0.3 is 15.0 Å². The lowest BCUT2D eigenvalue weighted by Gasteiger charge is -2.23. The molecule has 1 aromatic carbocycles. The van der Waals surface area contributed by atoms with E-state index < -0.39 is 26.2 Å². The standard InChI is InChI=1S/C21H22BrN7O5S2/c1-4-10-34-17-8-6-15(22)11-14(17)12-29(5-2)18-9-7-16(24-25-18)19(31)28-36(32,33)21-27-26-20(35-21)23-13(3)30/h4,6-9,11H,1,5,10,12H2,2-3H3,(H,28,31)(H,23,26,30). The normalized spacial score (nSPS) is 11.0. The Hall–Kier alpha value is -3.43. The van der Waals surface area contributed by atoms with E-state index in [1.807, 2.05) is 34.7 Å². The first-order chi connectivity index (χ1) is 17.1. The molecule has 2 N–H and O–H groups in total. The van der Waals surface area contributed by atoms with Gasteiger partial charge in [-0.25, -0.2) is 4.72 Å². The highest BCUT2D eigenvalue weighted by Gasteiger charge is 2.25. The lowest BCUT2D eigenvalue weighted by Crippen LogP contribution is -2.31. The second-order valence-electron chi connectivity index (χ2n) is 7.13. The monoisotopic (exact) mass is 595 g/mol. The number of benzene rings is 1. The maximum atomic E-state index is 12.5. The number of nitrogens with zero attached hydrogens (tertiary/aromatic N) is 5. The summed E-state index contributed by atoms with van der Waals surface area (Å²) in [5, 5.41) is 17.4. The molecule has 12 nitrogen and oxygen atoms in total. The molecule has 0 unspecified atom stereocenters. The molecule has 190 valence electrons. The zero-order valence-corrected chi connectivity index (χ0v) is 22.5. The quantitative estimate of drug-likeness (QED) is 0.249. The number of sulfonamides is 1. The highest BCUT2D eigenvalue weighted by Crippen LogP contribution is 2.26. The smallest absolute Gasteiger partial charge is 0.293 e. The van der Waals surface area contributed by atoms with Gasteiger partial charge in [0.05, 0.1) is 0 Å². The summed E-state index contributed by atoms with van der Waals surface area (Å²) in [6, 6.07) is 8.61. The Morgan fingerprint density at radius 2 is 1.97 bits per heavy atom. The van der Waals surface area contributed by atoms with Crippen molar-refractivity contribution in [1.29, 1.82) is 0 Å². The Kier molecular flexibility index (Phi) is 9.06. The van der Waals surface area contributed by atoms with E-state index >= 15 is 0 Å². The maximum Gasteiger partial charge on any atom is 0.293 e. The lowest BCUT2D eigenvalue weighted by atomic mass is 10.2. The highest BCUT2D eigenvalue weighted by molar-refractivity contribution is 9.10. The van der Waals surface area contributed by atoms with Gasteiger partial charge in [-0.05, 0) is 37.3 Å². The summed E-state index contributed by atoms with van der Waals surface area (Å²) >= 11 is 4.07. The van der Waals surface area contributed by atoms with Crippen LogP contribution in [0.25, 0.3) is 0 Å². The van der Waals surface area contributed by atoms with Crippen LogP contribution in [0.4, 0.5) is 10.9 Å². The number of anilines is 2. The molecule has 2 amide bonds. The Bertz CT molecular complexity index is 1360. The van der Waals surface area contributed by atoms with E-state index in [1.54, 1.807) is 12.1 Å². The van der Waals surface area contributed by atoms with Crippen LogP contribution >= 0.6 is 27.3 Å². The number of rotatable bonds is 11. The molecule has 0 aliphatic heterocycles. The minimum absolute atomic E-state index is 0.0115. The molecule has 0 aliphatic rings. The average Bonchev–Trinajstić information content (AvgIpc) is 3.30. The van der Waals surface area contributed by atoms with Crippen molar-refractivity contribution in [2.45, 2.75) is 24.7 Å². The first-order valence-corrected chi connectivity index (χ1v) is 13.5. The molecular weight excluding hydrogens is 574 g/mol. The minimum atomic E-state index is -4.32. The summed E-state index contributed by atoms with van der Waals surface area (Å²) in [6.07, 6.45) is 1.66. The molecule has 2 aromatic heterocycles. The number of halogens is 1. The van der Waals surface area contributed by atoms with Gasteiger partial charge >= 0.3 is 0 Å². The van der Waals surface area contributed by atoms with Crippen LogP contribution in [0, 0.1) is 0 Å². The van der Waals surface area contributed by atoms with E-state index in [-0.39, 0.29) is 10.8 Å². The Labute approximate surface area is 220 Å². The fraction of sp³-hybridized carbons (Fsp3) is 0.238.